The standard InChI is InChI=1S/C15H24BrNOS/c1-3-15(12-18,17-4-2)10-7-11-19-14-9-6-5-8-13(14)16/h5-6,8-9,17-18H,3-4,7,10-12H2,1-2H3. The normalized spacial score (nSPS) is 14.3. The molecule has 0 saturated heterocycles. The van der Waals surface area contributed by atoms with Crippen LogP contribution in [0.3, 0.4) is 0 Å². The summed E-state index contributed by atoms with van der Waals surface area (Å²) in [6.45, 7) is 5.36. The number of hydrogen-bond acceptors (Lipinski definition) is 3. The highest BCUT2D eigenvalue weighted by atomic mass is 79.9. The maximum Gasteiger partial charge on any atom is 0.0613 e. The van der Waals surface area contributed by atoms with Gasteiger partial charge in [-0.05, 0) is 59.6 Å². The molecule has 1 rings (SSSR count). The smallest absolute Gasteiger partial charge is 0.0613 e. The first-order valence-corrected chi connectivity index (χ1v) is 8.68. The van der Waals surface area contributed by atoms with E-state index in [0.29, 0.717) is 0 Å². The van der Waals surface area contributed by atoms with E-state index in [0.717, 1.165) is 36.0 Å². The van der Waals surface area contributed by atoms with Gasteiger partial charge < -0.3 is 10.4 Å². The van der Waals surface area contributed by atoms with Crippen molar-refractivity contribution in [1.29, 1.82) is 0 Å². The Kier molecular flexibility index (Phi) is 8.07. The van der Waals surface area contributed by atoms with Crippen LogP contribution in [0.4, 0.5) is 0 Å². The third-order valence-electron chi connectivity index (χ3n) is 3.43. The lowest BCUT2D eigenvalue weighted by molar-refractivity contribution is 0.148. The molecular formula is C15H24BrNOS. The Balaban J connectivity index is 2.39. The molecule has 0 aromatic heterocycles. The molecule has 0 radical (unpaired) electrons. The third-order valence-corrected chi connectivity index (χ3v) is 5.54. The largest absolute Gasteiger partial charge is 0.394 e. The van der Waals surface area contributed by atoms with Crippen molar-refractivity contribution in [2.45, 2.75) is 43.5 Å². The molecule has 1 aromatic carbocycles. The number of rotatable bonds is 9. The zero-order valence-electron chi connectivity index (χ0n) is 11.8. The zero-order valence-corrected chi connectivity index (χ0v) is 14.2. The van der Waals surface area contributed by atoms with Crippen LogP contribution in [0.2, 0.25) is 0 Å². The predicted molar refractivity (Wildman–Crippen MR) is 87.9 cm³/mol. The van der Waals surface area contributed by atoms with Crippen molar-refractivity contribution < 1.29 is 5.11 Å². The number of hydrogen-bond donors (Lipinski definition) is 2. The summed E-state index contributed by atoms with van der Waals surface area (Å²) in [7, 11) is 0. The Bertz CT molecular complexity index is 369. The molecule has 0 saturated carbocycles. The Hall–Kier alpha value is -0.0300. The lowest BCUT2D eigenvalue weighted by Crippen LogP contribution is -2.48. The van der Waals surface area contributed by atoms with Crippen LogP contribution in [-0.2, 0) is 0 Å². The minimum absolute atomic E-state index is 0.0940. The predicted octanol–water partition coefficient (Wildman–Crippen LogP) is 4.07. The molecule has 0 spiro atoms. The van der Waals surface area contributed by atoms with Gasteiger partial charge in [0.15, 0.2) is 0 Å². The van der Waals surface area contributed by atoms with Gasteiger partial charge in [-0.2, -0.15) is 0 Å². The molecule has 0 heterocycles. The van der Waals surface area contributed by atoms with E-state index in [2.05, 4.69) is 53.3 Å². The summed E-state index contributed by atoms with van der Waals surface area (Å²) in [5.74, 6) is 1.08. The second-order valence-electron chi connectivity index (χ2n) is 4.70. The van der Waals surface area contributed by atoms with Gasteiger partial charge in [0.25, 0.3) is 0 Å². The SMILES string of the molecule is CCNC(CC)(CO)CCCSc1ccccc1Br. The van der Waals surface area contributed by atoms with Crippen LogP contribution in [0.25, 0.3) is 0 Å². The first-order chi connectivity index (χ1) is 9.17. The van der Waals surface area contributed by atoms with E-state index in [4.69, 9.17) is 0 Å². The van der Waals surface area contributed by atoms with E-state index < -0.39 is 0 Å². The number of benzene rings is 1. The number of aliphatic hydroxyl groups is 1. The highest BCUT2D eigenvalue weighted by Gasteiger charge is 2.25. The van der Waals surface area contributed by atoms with E-state index in [9.17, 15) is 5.11 Å². The summed E-state index contributed by atoms with van der Waals surface area (Å²) in [5.41, 5.74) is -0.0940. The molecule has 108 valence electrons. The Morgan fingerprint density at radius 1 is 1.32 bits per heavy atom. The molecule has 2 nitrogen and oxygen atoms in total. The molecule has 1 atom stereocenters. The van der Waals surface area contributed by atoms with E-state index in [1.54, 1.807) is 0 Å². The monoisotopic (exact) mass is 345 g/mol. The average Bonchev–Trinajstić information content (AvgIpc) is 2.44. The molecule has 2 N–H and O–H groups in total. The van der Waals surface area contributed by atoms with Gasteiger partial charge in [0.1, 0.15) is 0 Å². The minimum Gasteiger partial charge on any atom is -0.394 e. The minimum atomic E-state index is -0.0940. The molecule has 19 heavy (non-hydrogen) atoms. The molecule has 0 aliphatic heterocycles. The van der Waals surface area contributed by atoms with Crippen LogP contribution in [-0.4, -0.2) is 29.5 Å². The van der Waals surface area contributed by atoms with Gasteiger partial charge in [-0.3, -0.25) is 0 Å². The molecular weight excluding hydrogens is 322 g/mol. The van der Waals surface area contributed by atoms with E-state index >= 15 is 0 Å². The maximum absolute atomic E-state index is 9.59. The van der Waals surface area contributed by atoms with Gasteiger partial charge in [-0.1, -0.05) is 26.0 Å². The maximum atomic E-state index is 9.59. The Morgan fingerprint density at radius 3 is 2.63 bits per heavy atom. The van der Waals surface area contributed by atoms with E-state index in [-0.39, 0.29) is 12.1 Å². The van der Waals surface area contributed by atoms with Gasteiger partial charge in [0.05, 0.1) is 6.61 Å². The van der Waals surface area contributed by atoms with Crippen molar-refractivity contribution in [3.8, 4) is 0 Å². The summed E-state index contributed by atoms with van der Waals surface area (Å²) in [6.07, 6.45) is 3.09. The lowest BCUT2D eigenvalue weighted by atomic mass is 9.91. The number of aliphatic hydroxyl groups excluding tert-OH is 1. The van der Waals surface area contributed by atoms with Crippen molar-refractivity contribution in [2.24, 2.45) is 0 Å². The van der Waals surface area contributed by atoms with E-state index in [1.165, 1.54) is 4.90 Å². The molecule has 0 fully saturated rings. The lowest BCUT2D eigenvalue weighted by Gasteiger charge is -2.31. The molecule has 0 amide bonds. The summed E-state index contributed by atoms with van der Waals surface area (Å²) in [5, 5.41) is 13.0. The first kappa shape index (κ1) is 17.0. The summed E-state index contributed by atoms with van der Waals surface area (Å²) in [6, 6.07) is 8.31. The molecule has 0 aliphatic rings. The fourth-order valence-electron chi connectivity index (χ4n) is 2.17. The van der Waals surface area contributed by atoms with Gasteiger partial charge in [-0.15, -0.1) is 11.8 Å². The number of likely N-dealkylation sites (N-methyl/N-ethyl adjacent to an activating group) is 1. The summed E-state index contributed by atoms with van der Waals surface area (Å²) >= 11 is 5.44. The molecule has 1 unspecified atom stereocenters. The van der Waals surface area contributed by atoms with Crippen molar-refractivity contribution in [1.82, 2.24) is 5.32 Å². The third kappa shape index (κ3) is 5.46. The van der Waals surface area contributed by atoms with Gasteiger partial charge in [0, 0.05) is 14.9 Å². The fraction of sp³-hybridized carbons (Fsp3) is 0.600. The fourth-order valence-corrected chi connectivity index (χ4v) is 3.68. The molecule has 1 aromatic rings. The molecule has 0 bridgehead atoms. The second-order valence-corrected chi connectivity index (χ2v) is 6.70. The van der Waals surface area contributed by atoms with Crippen molar-refractivity contribution in [3.05, 3.63) is 28.7 Å². The Labute approximate surface area is 129 Å². The highest BCUT2D eigenvalue weighted by molar-refractivity contribution is 9.10. The van der Waals surface area contributed by atoms with E-state index in [1.807, 2.05) is 17.8 Å². The van der Waals surface area contributed by atoms with Gasteiger partial charge >= 0.3 is 0 Å². The van der Waals surface area contributed by atoms with Gasteiger partial charge in [-0.25, -0.2) is 0 Å². The molecule has 4 heteroatoms. The molecule has 0 aliphatic carbocycles. The van der Waals surface area contributed by atoms with Crippen molar-refractivity contribution >= 4 is 27.7 Å². The van der Waals surface area contributed by atoms with Gasteiger partial charge in [0.2, 0.25) is 0 Å². The Morgan fingerprint density at radius 2 is 2.05 bits per heavy atom. The van der Waals surface area contributed by atoms with Crippen LogP contribution in [0.5, 0.6) is 0 Å². The van der Waals surface area contributed by atoms with Crippen LogP contribution in [0.15, 0.2) is 33.6 Å². The summed E-state index contributed by atoms with van der Waals surface area (Å²) < 4.78 is 1.16. The second kappa shape index (κ2) is 9.01. The quantitative estimate of drug-likeness (QED) is 0.522. The van der Waals surface area contributed by atoms with Crippen molar-refractivity contribution in [3.63, 3.8) is 0 Å². The zero-order chi connectivity index (χ0) is 14.1. The number of thioether (sulfide) groups is 1. The highest BCUT2D eigenvalue weighted by Crippen LogP contribution is 2.28. The average molecular weight is 346 g/mol. The van der Waals surface area contributed by atoms with Crippen molar-refractivity contribution in [2.75, 3.05) is 18.9 Å². The van der Waals surface area contributed by atoms with Crippen LogP contribution in [0.1, 0.15) is 33.1 Å². The first-order valence-electron chi connectivity index (χ1n) is 6.90. The topological polar surface area (TPSA) is 32.3 Å². The number of nitrogens with one attached hydrogen (secondary N) is 1. The summed E-state index contributed by atoms with van der Waals surface area (Å²) in [4.78, 5) is 1.29. The van der Waals surface area contributed by atoms with Crippen LogP contribution < -0.4 is 5.32 Å². The van der Waals surface area contributed by atoms with Crippen LogP contribution >= 0.6 is 27.7 Å². The van der Waals surface area contributed by atoms with Crippen LogP contribution in [0, 0.1) is 0 Å². The number of halogens is 1.